The van der Waals surface area contributed by atoms with Gasteiger partial charge in [0.2, 0.25) is 10.0 Å². The molecule has 7 atom stereocenters. The van der Waals surface area contributed by atoms with Gasteiger partial charge in [0, 0.05) is 64.9 Å². The second-order valence-electron chi connectivity index (χ2n) is 11.3. The van der Waals surface area contributed by atoms with Crippen molar-refractivity contribution in [3.8, 4) is 0 Å². The van der Waals surface area contributed by atoms with Gasteiger partial charge in [-0.05, 0) is 37.8 Å². The zero-order valence-electron chi connectivity index (χ0n) is 21.2. The molecule has 0 radical (unpaired) electrons. The van der Waals surface area contributed by atoms with Crippen molar-refractivity contribution in [2.75, 3.05) is 60.0 Å². The Morgan fingerprint density at radius 2 is 2.06 bits per heavy atom. The summed E-state index contributed by atoms with van der Waals surface area (Å²) < 4.78 is 35.4. The summed E-state index contributed by atoms with van der Waals surface area (Å²) in [5, 5.41) is 11.6. The summed E-state index contributed by atoms with van der Waals surface area (Å²) >= 11 is 0. The van der Waals surface area contributed by atoms with E-state index in [9.17, 15) is 8.42 Å². The van der Waals surface area contributed by atoms with Crippen LogP contribution in [0.15, 0.2) is 0 Å². The first-order chi connectivity index (χ1) is 16.1. The van der Waals surface area contributed by atoms with Crippen LogP contribution < -0.4 is 31.8 Å². The van der Waals surface area contributed by atoms with Crippen LogP contribution in [-0.4, -0.2) is 114 Å². The van der Waals surface area contributed by atoms with Crippen LogP contribution in [0.2, 0.25) is 0 Å². The Hall–Kier alpha value is -0.410. The molecule has 4 heterocycles. The molecule has 11 nitrogen and oxygen atoms in total. The number of likely N-dealkylation sites (N-methyl/N-ethyl adjacent to an activating group) is 1. The molecule has 0 spiro atoms. The maximum absolute atomic E-state index is 13.4. The van der Waals surface area contributed by atoms with Crippen molar-refractivity contribution < 1.29 is 13.2 Å². The Morgan fingerprint density at radius 1 is 1.26 bits per heavy atom. The molecule has 198 valence electrons. The van der Waals surface area contributed by atoms with Crippen molar-refractivity contribution in [3.63, 3.8) is 0 Å². The maximum atomic E-state index is 13.4. The summed E-state index contributed by atoms with van der Waals surface area (Å²) in [6.45, 7) is 9.85. The van der Waals surface area contributed by atoms with Crippen LogP contribution in [0.1, 0.15) is 33.1 Å². The predicted molar refractivity (Wildman–Crippen MR) is 133 cm³/mol. The summed E-state index contributed by atoms with van der Waals surface area (Å²) in [6, 6.07) is 0.140. The molecule has 0 aromatic heterocycles. The predicted octanol–water partition coefficient (Wildman–Crippen LogP) is -1.99. The van der Waals surface area contributed by atoms with E-state index in [2.05, 4.69) is 44.8 Å². The number of hydrogen-bond donors (Lipinski definition) is 6. The summed E-state index contributed by atoms with van der Waals surface area (Å²) in [6.07, 6.45) is 3.03. The Balaban J connectivity index is 1.35. The largest absolute Gasteiger partial charge is 0.365 e. The lowest BCUT2D eigenvalue weighted by atomic mass is 9.90. The highest BCUT2D eigenvalue weighted by Gasteiger charge is 2.47. The molecular weight excluding hydrogens is 456 g/mol. The van der Waals surface area contributed by atoms with Crippen LogP contribution in [0.4, 0.5) is 0 Å². The maximum Gasteiger partial charge on any atom is 0.217 e. The lowest BCUT2D eigenvalue weighted by Gasteiger charge is -2.42. The van der Waals surface area contributed by atoms with E-state index in [0.717, 1.165) is 45.6 Å². The molecule has 7 unspecified atom stereocenters. The van der Waals surface area contributed by atoms with Gasteiger partial charge in [0.15, 0.2) is 0 Å². The molecule has 0 aromatic carbocycles. The topological polar surface area (TPSA) is 136 Å². The third kappa shape index (κ3) is 5.93. The Kier molecular flexibility index (Phi) is 8.55. The normalized spacial score (nSPS) is 38.1. The van der Waals surface area contributed by atoms with Crippen molar-refractivity contribution >= 4 is 10.0 Å². The number of rotatable bonds is 9. The molecule has 0 aromatic rings. The van der Waals surface area contributed by atoms with Gasteiger partial charge < -0.3 is 21.1 Å². The van der Waals surface area contributed by atoms with E-state index in [1.807, 2.05) is 12.1 Å². The Bertz CT molecular complexity index is 784. The first-order valence-corrected chi connectivity index (χ1v) is 14.3. The quantitative estimate of drug-likeness (QED) is 0.210. The molecule has 0 amide bonds. The number of nitrogens with one attached hydrogen (secondary N) is 5. The van der Waals surface area contributed by atoms with Gasteiger partial charge in [0.05, 0.1) is 12.2 Å². The van der Waals surface area contributed by atoms with Gasteiger partial charge in [-0.1, -0.05) is 13.8 Å². The number of sulfonamides is 1. The van der Waals surface area contributed by atoms with Crippen LogP contribution >= 0.6 is 0 Å². The number of nitrogens with two attached hydrogens (primary N) is 1. The standard InChI is InChI=1S/C22H46N8O3S/c1-22(2)6-8-30(14-22)16-5-7-24-18(9-16)25-13-17(10-23)34(31,32)28-19-20-15(12-27-29(20)3)11-26-21(19)33-4/h15-21,24-28H,5-14,23H2,1-4H3. The van der Waals surface area contributed by atoms with E-state index in [0.29, 0.717) is 23.9 Å². The molecule has 4 aliphatic heterocycles. The van der Waals surface area contributed by atoms with Crippen molar-refractivity contribution in [1.29, 1.82) is 0 Å². The first-order valence-electron chi connectivity index (χ1n) is 12.8. The molecule has 34 heavy (non-hydrogen) atoms. The van der Waals surface area contributed by atoms with Crippen LogP contribution in [0, 0.1) is 11.3 Å². The highest BCUT2D eigenvalue weighted by Crippen LogP contribution is 2.32. The summed E-state index contributed by atoms with van der Waals surface area (Å²) in [5.41, 5.74) is 9.68. The van der Waals surface area contributed by atoms with E-state index in [-0.39, 0.29) is 18.8 Å². The minimum atomic E-state index is -3.67. The molecule has 12 heteroatoms. The molecule has 4 rings (SSSR count). The number of hydrogen-bond acceptors (Lipinski definition) is 10. The molecule has 0 aliphatic carbocycles. The van der Waals surface area contributed by atoms with Crippen LogP contribution in [0.3, 0.4) is 0 Å². The zero-order chi connectivity index (χ0) is 24.5. The van der Waals surface area contributed by atoms with E-state index < -0.39 is 27.5 Å². The smallest absolute Gasteiger partial charge is 0.217 e. The zero-order valence-corrected chi connectivity index (χ0v) is 22.0. The van der Waals surface area contributed by atoms with Crippen LogP contribution in [0.25, 0.3) is 0 Å². The van der Waals surface area contributed by atoms with Gasteiger partial charge in [-0.15, -0.1) is 0 Å². The van der Waals surface area contributed by atoms with E-state index >= 15 is 0 Å². The minimum Gasteiger partial charge on any atom is -0.365 e. The average molecular weight is 503 g/mol. The van der Waals surface area contributed by atoms with Gasteiger partial charge in [0.25, 0.3) is 0 Å². The lowest BCUT2D eigenvalue weighted by molar-refractivity contribution is -0.0106. The van der Waals surface area contributed by atoms with Crippen LogP contribution in [0.5, 0.6) is 0 Å². The monoisotopic (exact) mass is 502 g/mol. The Morgan fingerprint density at radius 3 is 2.74 bits per heavy atom. The summed E-state index contributed by atoms with van der Waals surface area (Å²) in [5.74, 6) is 0.303. The second kappa shape index (κ2) is 10.9. The molecule has 4 aliphatic rings. The van der Waals surface area contributed by atoms with E-state index in [4.69, 9.17) is 10.5 Å². The fourth-order valence-corrected chi connectivity index (χ4v) is 7.60. The number of fused-ring (bicyclic) bond motifs is 1. The number of likely N-dealkylation sites (tertiary alicyclic amines) is 1. The first kappa shape index (κ1) is 26.6. The number of methoxy groups -OCH3 is 1. The lowest BCUT2D eigenvalue weighted by Crippen LogP contribution is -2.67. The molecule has 4 fully saturated rings. The highest BCUT2D eigenvalue weighted by atomic mass is 32.2. The molecule has 4 saturated heterocycles. The van der Waals surface area contributed by atoms with Crippen molar-refractivity contribution in [1.82, 2.24) is 36.0 Å². The van der Waals surface area contributed by atoms with Gasteiger partial charge >= 0.3 is 0 Å². The van der Waals surface area contributed by atoms with Crippen LogP contribution in [-0.2, 0) is 14.8 Å². The van der Waals surface area contributed by atoms with Gasteiger partial charge in [0.1, 0.15) is 11.5 Å². The fourth-order valence-electron chi connectivity index (χ4n) is 6.20. The third-order valence-electron chi connectivity index (χ3n) is 8.26. The molecule has 0 bridgehead atoms. The van der Waals surface area contributed by atoms with Gasteiger partial charge in [-0.3, -0.25) is 15.6 Å². The minimum absolute atomic E-state index is 0.0119. The van der Waals surface area contributed by atoms with Gasteiger partial charge in [-0.25, -0.2) is 18.1 Å². The number of piperidine rings is 2. The molecular formula is C22H46N8O3S. The SMILES string of the molecule is COC1NCC2CNN(C)C2C1NS(=O)(=O)C(CN)CNC1CC(N2CCC(C)(C)C2)CCN1. The van der Waals surface area contributed by atoms with E-state index in [1.165, 1.54) is 6.42 Å². The average Bonchev–Trinajstić information content (AvgIpc) is 3.36. The Labute approximate surface area is 205 Å². The fraction of sp³-hybridized carbons (Fsp3) is 1.00. The highest BCUT2D eigenvalue weighted by molar-refractivity contribution is 7.90. The molecule has 0 saturated carbocycles. The van der Waals surface area contributed by atoms with Gasteiger partial charge in [-0.2, -0.15) is 0 Å². The summed E-state index contributed by atoms with van der Waals surface area (Å²) in [4.78, 5) is 2.61. The number of nitrogens with zero attached hydrogens (tertiary/aromatic N) is 2. The van der Waals surface area contributed by atoms with Crippen molar-refractivity contribution in [3.05, 3.63) is 0 Å². The number of hydrazine groups is 1. The van der Waals surface area contributed by atoms with Crippen molar-refractivity contribution in [2.24, 2.45) is 17.1 Å². The number of ether oxygens (including phenoxy) is 1. The van der Waals surface area contributed by atoms with E-state index in [1.54, 1.807) is 7.11 Å². The van der Waals surface area contributed by atoms with Crippen molar-refractivity contribution in [2.45, 2.75) is 68.9 Å². The molecule has 7 N–H and O–H groups in total. The second-order valence-corrected chi connectivity index (χ2v) is 13.3. The third-order valence-corrected chi connectivity index (χ3v) is 10.1. The summed E-state index contributed by atoms with van der Waals surface area (Å²) in [7, 11) is -0.108.